The van der Waals surface area contributed by atoms with E-state index in [4.69, 9.17) is 17.2 Å². The van der Waals surface area contributed by atoms with Gasteiger partial charge < -0.3 is 79.5 Å². The third kappa shape index (κ3) is 22.9. The second-order valence-electron chi connectivity index (χ2n) is 18.0. The van der Waals surface area contributed by atoms with Gasteiger partial charge in [0.25, 0.3) is 5.91 Å². The Morgan fingerprint density at radius 2 is 1.11 bits per heavy atom. The number of primary amides is 1. The summed E-state index contributed by atoms with van der Waals surface area (Å²) in [5.41, 5.74) is 20.8. The number of aliphatic hydroxyl groups excluding tert-OH is 2. The fourth-order valence-corrected chi connectivity index (χ4v) is 7.01. The summed E-state index contributed by atoms with van der Waals surface area (Å²) in [6.45, 7) is 4.56. The van der Waals surface area contributed by atoms with Crippen molar-refractivity contribution in [3.05, 3.63) is 66.1 Å². The molecule has 76 heavy (non-hydrogen) atoms. The van der Waals surface area contributed by atoms with Gasteiger partial charge in [-0.2, -0.15) is 24.1 Å². The molecule has 9 amide bonds. The average Bonchev–Trinajstić information content (AvgIpc) is 3.36. The number of amides is 9. The molecular weight excluding hydrogens is 999 g/mol. The zero-order valence-corrected chi connectivity index (χ0v) is 42.8. The highest BCUT2D eigenvalue weighted by molar-refractivity contribution is 5.98. The van der Waals surface area contributed by atoms with Crippen molar-refractivity contribution < 1.29 is 84.2 Å². The third-order valence-electron chi connectivity index (χ3n) is 11.6. The molecule has 0 saturated heterocycles. The van der Waals surface area contributed by atoms with Crippen LogP contribution >= 0.6 is 0 Å². The van der Waals surface area contributed by atoms with E-state index in [9.17, 15) is 73.5 Å². The lowest BCUT2D eigenvalue weighted by Crippen LogP contribution is -2.78. The summed E-state index contributed by atoms with van der Waals surface area (Å²) >= 11 is 0. The van der Waals surface area contributed by atoms with E-state index in [1.165, 1.54) is 68.8 Å². The number of carboxylic acid groups (broad SMARTS) is 1. The smallest absolute Gasteiger partial charge is 0.338 e. The van der Waals surface area contributed by atoms with E-state index in [1.54, 1.807) is 13.8 Å². The minimum absolute atomic E-state index is 0.0120. The Morgan fingerprint density at radius 1 is 0.605 bits per heavy atom. The monoisotopic (exact) mass is 1070 g/mol. The number of nitrogens with one attached hydrogen (secondary N) is 9. The minimum atomic E-state index is -1.84. The van der Waals surface area contributed by atoms with Gasteiger partial charge in [0.2, 0.25) is 47.3 Å². The molecule has 420 valence electrons. The van der Waals surface area contributed by atoms with Gasteiger partial charge in [-0.3, -0.25) is 64.4 Å². The number of rotatable bonds is 33. The van der Waals surface area contributed by atoms with Crippen molar-refractivity contribution in [2.45, 2.75) is 127 Å². The molecule has 2 rings (SSSR count). The van der Waals surface area contributed by atoms with Crippen LogP contribution in [0.25, 0.3) is 0 Å². The van der Waals surface area contributed by atoms with Gasteiger partial charge in [-0.25, -0.2) is 0 Å². The van der Waals surface area contributed by atoms with Crippen LogP contribution < -0.4 is 70.5 Å². The van der Waals surface area contributed by atoms with Crippen molar-refractivity contribution in [2.24, 2.45) is 23.1 Å². The fraction of sp³-hybridized carbons (Fsp3) is 0.500. The first-order valence-electron chi connectivity index (χ1n) is 24.3. The number of hydrogen-bond donors (Lipinski definition) is 18. The largest absolute Gasteiger partial charge is 0.510 e. The Hall–Kier alpha value is -8.24. The van der Waals surface area contributed by atoms with Crippen LogP contribution in [-0.4, -0.2) is 165 Å². The number of aliphatic carboxylic acids is 1. The molecule has 28 nitrogen and oxygen atoms in total. The van der Waals surface area contributed by atoms with Crippen LogP contribution in [0.3, 0.4) is 0 Å². The van der Waals surface area contributed by atoms with E-state index < -0.39 is 139 Å². The van der Waals surface area contributed by atoms with Gasteiger partial charge in [0.1, 0.15) is 48.0 Å². The van der Waals surface area contributed by atoms with E-state index in [0.29, 0.717) is 11.1 Å². The molecule has 0 fully saturated rings. The lowest BCUT2D eigenvalue weighted by atomic mass is 9.96. The first kappa shape index (κ1) is 63.9. The number of phenolic OH excluding ortho intramolecular Hbond substituents is 2. The number of aromatic hydroxyl groups is 2. The Kier molecular flexibility index (Phi) is 27.0. The third-order valence-corrected chi connectivity index (χ3v) is 11.6. The number of carbonyl (C=O) groups excluding carboxylic acids is 9. The van der Waals surface area contributed by atoms with E-state index in [0.717, 1.165) is 0 Å². The summed E-state index contributed by atoms with van der Waals surface area (Å²) in [6, 6.07) is -1.22. The zero-order valence-electron chi connectivity index (χ0n) is 42.8. The first-order chi connectivity index (χ1) is 35.8. The maximum atomic E-state index is 14.4. The molecule has 0 saturated carbocycles. The summed E-state index contributed by atoms with van der Waals surface area (Å²) < 4.78 is 0. The number of nitrogens with two attached hydrogens (primary N) is 3. The molecule has 0 bridgehead atoms. The molecule has 23 N–H and O–H groups in total. The molecule has 0 unspecified atom stereocenters. The van der Waals surface area contributed by atoms with E-state index in [-0.39, 0.29) is 62.5 Å². The molecule has 10 atom stereocenters. The number of quaternary nitrogens is 1. The lowest BCUT2D eigenvalue weighted by Gasteiger charge is -2.29. The maximum absolute atomic E-state index is 14.4. The standard InChI is InChI=1S/C48H72N13O15/c1-5-24(2)39(61-45(74)35(21-38(67)68)58-43(72)33(16-17-37(50)66)56-40(69)25(3)49)47(76)59-34(20-28-10-14-31(65)15-11-28)44(73)57-32(7-6-18-53-48(51)52)42(71)54-26(4)41(70)60-36(23-63)46(75)55-29(22-62)19-27-8-12-30(64)13-9-27/h8-15,19,24-26,29,32-36,39,62-65H,5-7,16-18,20-23,49H2,1-4H3,(H2,50,66)(H,54,71)(H,55,75)(H,56,69)(H,57,73)(H,58,72)(H,59,76)(H,60,70)(H,61,74)(H,67,68)(H4,51,52,53)/q-1/p+2/t24-,25-,26-,29-,32-,33-,34-,35-,36-,39-/m0/s1. The molecule has 28 heteroatoms. The van der Waals surface area contributed by atoms with Gasteiger partial charge in [0.15, 0.2) is 6.04 Å². The SMILES string of the molecule is CC[C@H](C)[C@H](NC(=O)[C@H](CC(=O)O)NC(=O)[C@H](CCC(N)=O)NC(=O)[C@H](C)[NH3+])C(=O)N[C@@H](Cc1ccc(O)cc1)C(=O)N[C@@H](CCC[NH+]=C(N)N)C(=O)N[C@@H](C)C(=O)N[C@@H](CO)C(=O)N[C@@H]([CH-]c1ccc(O)cc1)CO. The number of guanidine groups is 1. The van der Waals surface area contributed by atoms with Crippen molar-refractivity contribution in [1.29, 1.82) is 0 Å². The molecular formula is C48H74N13O15+. The summed E-state index contributed by atoms with van der Waals surface area (Å²) in [7, 11) is 0. The summed E-state index contributed by atoms with van der Waals surface area (Å²) in [5, 5.41) is 68.7. The van der Waals surface area contributed by atoms with E-state index in [2.05, 4.69) is 53.3 Å². The van der Waals surface area contributed by atoms with Crippen LogP contribution in [0.2, 0.25) is 0 Å². The van der Waals surface area contributed by atoms with E-state index in [1.807, 2.05) is 0 Å². The predicted molar refractivity (Wildman–Crippen MR) is 270 cm³/mol. The van der Waals surface area contributed by atoms with Gasteiger partial charge in [0.05, 0.1) is 31.9 Å². The van der Waals surface area contributed by atoms with Gasteiger partial charge in [0, 0.05) is 18.9 Å². The number of hydrogen-bond acceptors (Lipinski definition) is 14. The van der Waals surface area contributed by atoms with Crippen LogP contribution in [0.4, 0.5) is 0 Å². The van der Waals surface area contributed by atoms with Crippen molar-refractivity contribution in [3.63, 3.8) is 0 Å². The maximum Gasteiger partial charge on any atom is 0.338 e. The molecule has 0 spiro atoms. The molecule has 2 aromatic rings. The van der Waals surface area contributed by atoms with E-state index >= 15 is 0 Å². The molecule has 0 aliphatic rings. The first-order valence-corrected chi connectivity index (χ1v) is 24.3. The highest BCUT2D eigenvalue weighted by Crippen LogP contribution is 2.16. The summed E-state index contributed by atoms with van der Waals surface area (Å²) in [6.07, 6.45) is -0.261. The Balaban J connectivity index is 2.42. The van der Waals surface area contributed by atoms with Crippen molar-refractivity contribution in [3.8, 4) is 11.5 Å². The Bertz CT molecular complexity index is 2330. The van der Waals surface area contributed by atoms with Crippen molar-refractivity contribution >= 4 is 65.1 Å². The predicted octanol–water partition coefficient (Wildman–Crippen LogP) is -7.67. The van der Waals surface area contributed by atoms with Crippen molar-refractivity contribution in [1.82, 2.24) is 42.5 Å². The number of carbonyl (C=O) groups is 10. The van der Waals surface area contributed by atoms with Gasteiger partial charge in [-0.05, 0) is 56.7 Å². The summed E-state index contributed by atoms with van der Waals surface area (Å²) in [5.74, 6) is -10.9. The fourth-order valence-electron chi connectivity index (χ4n) is 7.01. The van der Waals surface area contributed by atoms with Crippen LogP contribution in [0.1, 0.15) is 77.3 Å². The Morgan fingerprint density at radius 3 is 1.64 bits per heavy atom. The average molecular weight is 1070 g/mol. The molecule has 0 aliphatic carbocycles. The van der Waals surface area contributed by atoms with Crippen molar-refractivity contribution in [2.75, 3.05) is 19.8 Å². The second-order valence-corrected chi connectivity index (χ2v) is 18.0. The van der Waals surface area contributed by atoms with Crippen LogP contribution in [-0.2, 0) is 54.4 Å². The van der Waals surface area contributed by atoms with Crippen LogP contribution in [0, 0.1) is 12.3 Å². The lowest BCUT2D eigenvalue weighted by molar-refractivity contribution is -0.459. The molecule has 0 aromatic heterocycles. The van der Waals surface area contributed by atoms with Gasteiger partial charge in [-0.15, -0.1) is 0 Å². The molecule has 0 aliphatic heterocycles. The highest BCUT2D eigenvalue weighted by atomic mass is 16.4. The van der Waals surface area contributed by atoms with Crippen LogP contribution in [0.5, 0.6) is 11.5 Å². The topological polar surface area (TPSA) is 488 Å². The minimum Gasteiger partial charge on any atom is -0.510 e. The number of aliphatic hydroxyl groups is 2. The molecule has 2 aromatic carbocycles. The van der Waals surface area contributed by atoms with Gasteiger partial charge in [-0.1, -0.05) is 44.5 Å². The number of benzene rings is 2. The number of carboxylic acids is 1. The van der Waals surface area contributed by atoms with Crippen LogP contribution in [0.15, 0.2) is 48.5 Å². The quantitative estimate of drug-likeness (QED) is 0.0137. The molecule has 0 radical (unpaired) electrons. The van der Waals surface area contributed by atoms with Gasteiger partial charge >= 0.3 is 11.9 Å². The Labute approximate surface area is 438 Å². The highest BCUT2D eigenvalue weighted by Gasteiger charge is 2.36. The summed E-state index contributed by atoms with van der Waals surface area (Å²) in [4.78, 5) is 135. The normalized spacial score (nSPS) is 14.8. The zero-order chi connectivity index (χ0) is 57.2. The molecule has 0 heterocycles. The number of phenols is 2. The second kappa shape index (κ2) is 32.2.